The molecule has 0 radical (unpaired) electrons. The van der Waals surface area contributed by atoms with Gasteiger partial charge in [0.1, 0.15) is 6.07 Å². The molecular weight excluding hydrogens is 206 g/mol. The Morgan fingerprint density at radius 3 is 2.94 bits per heavy atom. The van der Waals surface area contributed by atoms with Crippen molar-refractivity contribution in [3.63, 3.8) is 0 Å². The van der Waals surface area contributed by atoms with Crippen LogP contribution in [0.25, 0.3) is 0 Å². The molecule has 2 N–H and O–H groups in total. The summed E-state index contributed by atoms with van der Waals surface area (Å²) < 4.78 is 0. The van der Waals surface area contributed by atoms with Crippen molar-refractivity contribution in [3.8, 4) is 6.07 Å². The van der Waals surface area contributed by atoms with E-state index in [9.17, 15) is 4.79 Å². The first-order chi connectivity index (χ1) is 7.76. The molecule has 2 heterocycles. The number of rotatable bonds is 2. The maximum atomic E-state index is 11.7. The molecule has 0 bridgehead atoms. The molecule has 0 saturated carbocycles. The van der Waals surface area contributed by atoms with E-state index >= 15 is 0 Å². The number of hydrogen-bond acceptors (Lipinski definition) is 5. The number of aromatic nitrogens is 2. The third-order valence-corrected chi connectivity index (χ3v) is 2.58. The van der Waals surface area contributed by atoms with Crippen molar-refractivity contribution in [1.82, 2.24) is 9.97 Å². The van der Waals surface area contributed by atoms with Crippen LogP contribution in [0.2, 0.25) is 0 Å². The van der Waals surface area contributed by atoms with E-state index in [0.29, 0.717) is 25.3 Å². The van der Waals surface area contributed by atoms with Crippen LogP contribution < -0.4 is 10.6 Å². The number of amides is 1. The highest BCUT2D eigenvalue weighted by Crippen LogP contribution is 2.24. The third kappa shape index (κ3) is 1.73. The monoisotopic (exact) mass is 217 g/mol. The predicted molar refractivity (Wildman–Crippen MR) is 56.3 cm³/mol. The van der Waals surface area contributed by atoms with Crippen molar-refractivity contribution in [1.29, 1.82) is 5.26 Å². The van der Waals surface area contributed by atoms with Gasteiger partial charge in [-0.1, -0.05) is 0 Å². The van der Waals surface area contributed by atoms with Crippen LogP contribution in [0.15, 0.2) is 12.4 Å². The summed E-state index contributed by atoms with van der Waals surface area (Å²) in [6, 6.07) is 1.93. The minimum atomic E-state index is -0.0487. The Kier molecular flexibility index (Phi) is 2.79. The van der Waals surface area contributed by atoms with Gasteiger partial charge < -0.3 is 5.73 Å². The Hall–Kier alpha value is -2.00. The van der Waals surface area contributed by atoms with Gasteiger partial charge in [0.2, 0.25) is 5.91 Å². The third-order valence-electron chi connectivity index (χ3n) is 2.58. The fourth-order valence-corrected chi connectivity index (χ4v) is 1.75. The molecule has 1 aliphatic heterocycles. The number of anilines is 1. The molecule has 6 nitrogen and oxygen atoms in total. The molecule has 16 heavy (non-hydrogen) atoms. The van der Waals surface area contributed by atoms with E-state index in [1.165, 1.54) is 17.3 Å². The van der Waals surface area contributed by atoms with Gasteiger partial charge in [0, 0.05) is 25.4 Å². The molecule has 1 amide bonds. The van der Waals surface area contributed by atoms with Crippen molar-refractivity contribution in [2.75, 3.05) is 18.0 Å². The zero-order chi connectivity index (χ0) is 11.5. The van der Waals surface area contributed by atoms with Crippen molar-refractivity contribution in [3.05, 3.63) is 18.1 Å². The van der Waals surface area contributed by atoms with Gasteiger partial charge in [-0.3, -0.25) is 9.69 Å². The average Bonchev–Trinajstić information content (AvgIpc) is 2.70. The summed E-state index contributed by atoms with van der Waals surface area (Å²) in [6.45, 7) is 0.979. The summed E-state index contributed by atoms with van der Waals surface area (Å²) in [5, 5.41) is 8.87. The van der Waals surface area contributed by atoms with Crippen molar-refractivity contribution in [2.24, 2.45) is 11.7 Å². The van der Waals surface area contributed by atoms with Gasteiger partial charge in [-0.05, 0) is 12.5 Å². The first kappa shape index (κ1) is 10.5. The largest absolute Gasteiger partial charge is 0.330 e. The van der Waals surface area contributed by atoms with E-state index in [1.54, 1.807) is 0 Å². The smallest absolute Gasteiger partial charge is 0.228 e. The molecule has 6 heteroatoms. The Balaban J connectivity index is 2.32. The summed E-state index contributed by atoms with van der Waals surface area (Å²) in [6.07, 6.45) is 3.32. The van der Waals surface area contributed by atoms with Gasteiger partial charge in [0.05, 0.1) is 0 Å². The first-order valence-corrected chi connectivity index (χ1v) is 4.97. The Morgan fingerprint density at radius 1 is 1.56 bits per heavy atom. The van der Waals surface area contributed by atoms with Crippen LogP contribution in [0.3, 0.4) is 0 Å². The van der Waals surface area contributed by atoms with Gasteiger partial charge in [0.25, 0.3) is 0 Å². The Labute approximate surface area is 92.7 Å². The van der Waals surface area contributed by atoms with E-state index in [1.807, 2.05) is 6.07 Å². The van der Waals surface area contributed by atoms with Crippen LogP contribution in [0.4, 0.5) is 5.82 Å². The van der Waals surface area contributed by atoms with Crippen LogP contribution in [0.1, 0.15) is 12.1 Å². The highest BCUT2D eigenvalue weighted by molar-refractivity contribution is 5.95. The summed E-state index contributed by atoms with van der Waals surface area (Å²) in [5.74, 6) is 0.430. The van der Waals surface area contributed by atoms with Crippen LogP contribution >= 0.6 is 0 Å². The maximum Gasteiger partial charge on any atom is 0.228 e. The molecule has 0 spiro atoms. The number of nitrogens with two attached hydrogens (primary N) is 1. The minimum Gasteiger partial charge on any atom is -0.330 e. The minimum absolute atomic E-state index is 0.0487. The molecule has 1 fully saturated rings. The van der Waals surface area contributed by atoms with Crippen molar-refractivity contribution in [2.45, 2.75) is 6.42 Å². The number of carbonyl (C=O) groups excluding carboxylic acids is 1. The van der Waals surface area contributed by atoms with Gasteiger partial charge in [-0.15, -0.1) is 0 Å². The molecule has 1 unspecified atom stereocenters. The number of hydrogen-bond donors (Lipinski definition) is 1. The number of carbonyl (C=O) groups is 1. The summed E-state index contributed by atoms with van der Waals surface area (Å²) in [5.41, 5.74) is 5.70. The van der Waals surface area contributed by atoms with Crippen LogP contribution in [0, 0.1) is 17.2 Å². The van der Waals surface area contributed by atoms with Gasteiger partial charge in [-0.25, -0.2) is 9.97 Å². The van der Waals surface area contributed by atoms with Crippen LogP contribution in [-0.2, 0) is 4.79 Å². The van der Waals surface area contributed by atoms with Crippen LogP contribution in [0.5, 0.6) is 0 Å². The zero-order valence-electron chi connectivity index (χ0n) is 8.63. The first-order valence-electron chi connectivity index (χ1n) is 4.97. The molecule has 2 rings (SSSR count). The summed E-state index contributed by atoms with van der Waals surface area (Å²) in [7, 11) is 0. The molecule has 1 aromatic rings. The topological polar surface area (TPSA) is 95.9 Å². The average molecular weight is 217 g/mol. The second-order valence-electron chi connectivity index (χ2n) is 3.65. The molecule has 0 aliphatic carbocycles. The number of nitriles is 1. The van der Waals surface area contributed by atoms with Gasteiger partial charge in [-0.2, -0.15) is 5.26 Å². The Morgan fingerprint density at radius 2 is 2.31 bits per heavy atom. The van der Waals surface area contributed by atoms with Crippen LogP contribution in [-0.4, -0.2) is 29.0 Å². The SMILES string of the molecule is N#Cc1nccnc1N1CC(CN)CC1=O. The summed E-state index contributed by atoms with van der Waals surface area (Å²) in [4.78, 5) is 21.1. The highest BCUT2D eigenvalue weighted by atomic mass is 16.2. The van der Waals surface area contributed by atoms with E-state index in [0.717, 1.165) is 0 Å². The lowest BCUT2D eigenvalue weighted by Gasteiger charge is -2.15. The van der Waals surface area contributed by atoms with E-state index in [-0.39, 0.29) is 17.5 Å². The zero-order valence-corrected chi connectivity index (χ0v) is 8.63. The lowest BCUT2D eigenvalue weighted by molar-refractivity contribution is -0.117. The quantitative estimate of drug-likeness (QED) is 0.731. The van der Waals surface area contributed by atoms with Crippen molar-refractivity contribution < 1.29 is 4.79 Å². The fourth-order valence-electron chi connectivity index (χ4n) is 1.75. The summed E-state index contributed by atoms with van der Waals surface area (Å²) >= 11 is 0. The second kappa shape index (κ2) is 4.24. The second-order valence-corrected chi connectivity index (χ2v) is 3.65. The van der Waals surface area contributed by atoms with Gasteiger partial charge in [0.15, 0.2) is 11.5 Å². The van der Waals surface area contributed by atoms with E-state index in [2.05, 4.69) is 9.97 Å². The highest BCUT2D eigenvalue weighted by Gasteiger charge is 2.32. The molecule has 82 valence electrons. The van der Waals surface area contributed by atoms with Gasteiger partial charge >= 0.3 is 0 Å². The molecule has 1 aliphatic rings. The lowest BCUT2D eigenvalue weighted by atomic mass is 10.1. The van der Waals surface area contributed by atoms with E-state index in [4.69, 9.17) is 11.0 Å². The maximum absolute atomic E-state index is 11.7. The number of nitrogens with zero attached hydrogens (tertiary/aromatic N) is 4. The standard InChI is InChI=1S/C10H11N5O/c11-4-7-3-9(16)15(6-7)10-8(5-12)13-1-2-14-10/h1-2,7H,3-4,6,11H2. The Bertz CT molecular complexity index is 453. The van der Waals surface area contributed by atoms with E-state index < -0.39 is 0 Å². The molecule has 0 aromatic carbocycles. The molecule has 1 saturated heterocycles. The fraction of sp³-hybridized carbons (Fsp3) is 0.400. The van der Waals surface area contributed by atoms with Crippen molar-refractivity contribution >= 4 is 11.7 Å². The molecule has 1 aromatic heterocycles. The molecular formula is C10H11N5O. The lowest BCUT2D eigenvalue weighted by Crippen LogP contribution is -2.27. The normalized spacial score (nSPS) is 19.9. The predicted octanol–water partition coefficient (Wildman–Crippen LogP) is -0.340. The molecule has 1 atom stereocenters.